The molecule has 3 rings (SSSR count). The predicted molar refractivity (Wildman–Crippen MR) is 82.0 cm³/mol. The summed E-state index contributed by atoms with van der Waals surface area (Å²) in [6.07, 6.45) is 0.676. The van der Waals surface area contributed by atoms with Crippen molar-refractivity contribution in [1.29, 1.82) is 0 Å². The van der Waals surface area contributed by atoms with Crippen LogP contribution >= 0.6 is 0 Å². The van der Waals surface area contributed by atoms with Crippen LogP contribution < -0.4 is 5.32 Å². The Morgan fingerprint density at radius 2 is 1.95 bits per heavy atom. The summed E-state index contributed by atoms with van der Waals surface area (Å²) >= 11 is 0. The number of morpholine rings is 1. The number of hydrogen-bond donors (Lipinski definition) is 1. The molecule has 2 amide bonds. The molecule has 1 heterocycles. The summed E-state index contributed by atoms with van der Waals surface area (Å²) in [5.41, 5.74) is 2.28. The Morgan fingerprint density at radius 1 is 1.23 bits per heavy atom. The third-order valence-electron chi connectivity index (χ3n) is 4.48. The zero-order chi connectivity index (χ0) is 15.5. The maximum Gasteiger partial charge on any atom is 0.226 e. The van der Waals surface area contributed by atoms with Crippen LogP contribution in [0.15, 0.2) is 24.3 Å². The third-order valence-corrected chi connectivity index (χ3v) is 4.48. The molecule has 1 aliphatic heterocycles. The summed E-state index contributed by atoms with van der Waals surface area (Å²) < 4.78 is 5.25. The average molecular weight is 302 g/mol. The number of carbonyl (C=O) groups is 2. The number of aryl methyl sites for hydroxylation is 1. The Kier molecular flexibility index (Phi) is 4.43. The molecule has 2 unspecified atom stereocenters. The molecule has 118 valence electrons. The lowest BCUT2D eigenvalue weighted by molar-refractivity contribution is -0.138. The molecule has 1 N–H and O–H groups in total. The van der Waals surface area contributed by atoms with E-state index in [1.807, 2.05) is 36.1 Å². The Bertz CT molecular complexity index is 567. The normalized spacial score (nSPS) is 24.0. The second kappa shape index (κ2) is 6.48. The number of nitrogens with zero attached hydrogens (tertiary/aromatic N) is 1. The molecule has 1 aliphatic carbocycles. The topological polar surface area (TPSA) is 58.6 Å². The van der Waals surface area contributed by atoms with Gasteiger partial charge in [-0.1, -0.05) is 24.3 Å². The van der Waals surface area contributed by atoms with E-state index in [2.05, 4.69) is 5.32 Å². The van der Waals surface area contributed by atoms with Crippen molar-refractivity contribution < 1.29 is 14.3 Å². The molecule has 5 heteroatoms. The zero-order valence-electron chi connectivity index (χ0n) is 12.9. The minimum absolute atomic E-state index is 0.00476. The number of hydrogen-bond acceptors (Lipinski definition) is 3. The summed E-state index contributed by atoms with van der Waals surface area (Å²) in [5.74, 6) is -0.177. The highest BCUT2D eigenvalue weighted by molar-refractivity contribution is 5.92. The molecule has 5 nitrogen and oxygen atoms in total. The van der Waals surface area contributed by atoms with E-state index in [1.165, 1.54) is 5.56 Å². The van der Waals surface area contributed by atoms with Gasteiger partial charge in [-0.3, -0.25) is 9.59 Å². The second-order valence-corrected chi connectivity index (χ2v) is 6.03. The SMILES string of the molecule is Cc1ccccc1CNC(=O)C1CC1C(=O)N1CCOCC1. The summed E-state index contributed by atoms with van der Waals surface area (Å²) in [7, 11) is 0. The van der Waals surface area contributed by atoms with Gasteiger partial charge in [0.2, 0.25) is 11.8 Å². The Hall–Kier alpha value is -1.88. The molecule has 0 spiro atoms. The van der Waals surface area contributed by atoms with Crippen molar-refractivity contribution in [2.24, 2.45) is 11.8 Å². The number of amides is 2. The molecular weight excluding hydrogens is 280 g/mol. The van der Waals surface area contributed by atoms with Gasteiger partial charge in [0, 0.05) is 19.6 Å². The first-order chi connectivity index (χ1) is 10.7. The van der Waals surface area contributed by atoms with E-state index in [1.54, 1.807) is 0 Å². The molecule has 0 bridgehead atoms. The lowest BCUT2D eigenvalue weighted by Gasteiger charge is -2.27. The van der Waals surface area contributed by atoms with Crippen molar-refractivity contribution in [3.8, 4) is 0 Å². The van der Waals surface area contributed by atoms with Crippen LogP contribution in [-0.2, 0) is 20.9 Å². The zero-order valence-corrected chi connectivity index (χ0v) is 12.9. The molecule has 1 saturated heterocycles. The summed E-state index contributed by atoms with van der Waals surface area (Å²) in [5, 5.41) is 2.96. The minimum atomic E-state index is -0.153. The van der Waals surface area contributed by atoms with Crippen LogP contribution in [0.3, 0.4) is 0 Å². The number of carbonyl (C=O) groups excluding carboxylic acids is 2. The van der Waals surface area contributed by atoms with Gasteiger partial charge >= 0.3 is 0 Å². The molecule has 1 aromatic carbocycles. The van der Waals surface area contributed by atoms with Gasteiger partial charge in [0.05, 0.1) is 25.0 Å². The summed E-state index contributed by atoms with van der Waals surface area (Å²) in [4.78, 5) is 26.3. The van der Waals surface area contributed by atoms with Gasteiger partial charge in [-0.05, 0) is 24.5 Å². The standard InChI is InChI=1S/C17H22N2O3/c1-12-4-2-3-5-13(12)11-18-16(20)14-10-15(14)17(21)19-6-8-22-9-7-19/h2-5,14-15H,6-11H2,1H3,(H,18,20). The van der Waals surface area contributed by atoms with E-state index in [0.29, 0.717) is 39.3 Å². The molecular formula is C17H22N2O3. The van der Waals surface area contributed by atoms with Crippen LogP contribution in [0.5, 0.6) is 0 Å². The fraction of sp³-hybridized carbons (Fsp3) is 0.529. The maximum absolute atomic E-state index is 12.3. The molecule has 0 aromatic heterocycles. The van der Waals surface area contributed by atoms with Crippen LogP contribution in [-0.4, -0.2) is 43.0 Å². The first-order valence-electron chi connectivity index (χ1n) is 7.85. The fourth-order valence-electron chi connectivity index (χ4n) is 2.90. The quantitative estimate of drug-likeness (QED) is 0.906. The van der Waals surface area contributed by atoms with Crippen molar-refractivity contribution in [2.45, 2.75) is 19.9 Å². The number of benzene rings is 1. The maximum atomic E-state index is 12.3. The Balaban J connectivity index is 1.48. The van der Waals surface area contributed by atoms with Gasteiger partial charge in [-0.15, -0.1) is 0 Å². The van der Waals surface area contributed by atoms with E-state index < -0.39 is 0 Å². The monoisotopic (exact) mass is 302 g/mol. The van der Waals surface area contributed by atoms with Crippen LogP contribution in [0.2, 0.25) is 0 Å². The molecule has 2 atom stereocenters. The Labute approximate surface area is 130 Å². The lowest BCUT2D eigenvalue weighted by Crippen LogP contribution is -2.42. The van der Waals surface area contributed by atoms with Crippen LogP contribution in [0.1, 0.15) is 17.5 Å². The van der Waals surface area contributed by atoms with Gasteiger partial charge in [0.25, 0.3) is 0 Å². The number of ether oxygens (including phenoxy) is 1. The highest BCUT2D eigenvalue weighted by Gasteiger charge is 2.49. The average Bonchev–Trinajstić information content (AvgIpc) is 3.35. The van der Waals surface area contributed by atoms with Crippen LogP contribution in [0.4, 0.5) is 0 Å². The van der Waals surface area contributed by atoms with Gasteiger partial charge in [-0.25, -0.2) is 0 Å². The molecule has 1 saturated carbocycles. The van der Waals surface area contributed by atoms with E-state index >= 15 is 0 Å². The minimum Gasteiger partial charge on any atom is -0.378 e. The highest BCUT2D eigenvalue weighted by Crippen LogP contribution is 2.40. The van der Waals surface area contributed by atoms with Gasteiger partial charge < -0.3 is 15.0 Å². The fourth-order valence-corrected chi connectivity index (χ4v) is 2.90. The van der Waals surface area contributed by atoms with E-state index in [4.69, 9.17) is 4.74 Å². The van der Waals surface area contributed by atoms with Crippen molar-refractivity contribution in [3.05, 3.63) is 35.4 Å². The van der Waals surface area contributed by atoms with E-state index in [-0.39, 0.29) is 23.7 Å². The smallest absolute Gasteiger partial charge is 0.226 e. The predicted octanol–water partition coefficient (Wildman–Crippen LogP) is 1.11. The molecule has 2 aliphatic rings. The number of nitrogens with one attached hydrogen (secondary N) is 1. The van der Waals surface area contributed by atoms with Gasteiger partial charge in [0.1, 0.15) is 0 Å². The van der Waals surface area contributed by atoms with Gasteiger partial charge in [-0.2, -0.15) is 0 Å². The molecule has 2 fully saturated rings. The van der Waals surface area contributed by atoms with Crippen LogP contribution in [0.25, 0.3) is 0 Å². The van der Waals surface area contributed by atoms with E-state index in [0.717, 1.165) is 5.56 Å². The van der Waals surface area contributed by atoms with E-state index in [9.17, 15) is 9.59 Å². The van der Waals surface area contributed by atoms with Crippen molar-refractivity contribution >= 4 is 11.8 Å². The molecule has 0 radical (unpaired) electrons. The lowest BCUT2D eigenvalue weighted by atomic mass is 10.1. The van der Waals surface area contributed by atoms with Crippen molar-refractivity contribution in [3.63, 3.8) is 0 Å². The first-order valence-corrected chi connectivity index (χ1v) is 7.85. The summed E-state index contributed by atoms with van der Waals surface area (Å²) in [6, 6.07) is 8.00. The van der Waals surface area contributed by atoms with Gasteiger partial charge in [0.15, 0.2) is 0 Å². The largest absolute Gasteiger partial charge is 0.378 e. The van der Waals surface area contributed by atoms with Crippen molar-refractivity contribution in [2.75, 3.05) is 26.3 Å². The third kappa shape index (κ3) is 3.30. The summed E-state index contributed by atoms with van der Waals surface area (Å²) in [6.45, 7) is 5.05. The molecule has 1 aromatic rings. The number of rotatable bonds is 4. The first kappa shape index (κ1) is 15.0. The Morgan fingerprint density at radius 3 is 2.68 bits per heavy atom. The second-order valence-electron chi connectivity index (χ2n) is 6.03. The van der Waals surface area contributed by atoms with Crippen LogP contribution in [0, 0.1) is 18.8 Å². The highest BCUT2D eigenvalue weighted by atomic mass is 16.5. The van der Waals surface area contributed by atoms with Crippen molar-refractivity contribution in [1.82, 2.24) is 10.2 Å². The molecule has 22 heavy (non-hydrogen) atoms.